The zero-order chi connectivity index (χ0) is 16.5. The lowest BCUT2D eigenvalue weighted by atomic mass is 10.1. The molecule has 6 nitrogen and oxygen atoms in total. The quantitative estimate of drug-likeness (QED) is 0.642. The van der Waals surface area contributed by atoms with Crippen LogP contribution >= 0.6 is 0 Å². The normalized spacial score (nSPS) is 19.9. The molecule has 1 rings (SSSR count). The first-order valence-corrected chi connectivity index (χ1v) is 8.40. The van der Waals surface area contributed by atoms with E-state index < -0.39 is 0 Å². The molecule has 1 fully saturated rings. The number of amides is 1. The molecule has 0 radical (unpaired) electrons. The van der Waals surface area contributed by atoms with E-state index in [2.05, 4.69) is 11.8 Å². The molecule has 1 aliphatic rings. The molecule has 1 saturated heterocycles. The third-order valence-electron chi connectivity index (χ3n) is 4.08. The molecule has 1 heterocycles. The second-order valence-corrected chi connectivity index (χ2v) is 6.00. The van der Waals surface area contributed by atoms with Gasteiger partial charge in [0.05, 0.1) is 13.0 Å². The van der Waals surface area contributed by atoms with Gasteiger partial charge in [-0.2, -0.15) is 0 Å². The summed E-state index contributed by atoms with van der Waals surface area (Å²) >= 11 is 0. The van der Waals surface area contributed by atoms with Gasteiger partial charge in [-0.1, -0.05) is 6.92 Å². The topological polar surface area (TPSA) is 75.9 Å². The Morgan fingerprint density at radius 1 is 1.41 bits per heavy atom. The predicted molar refractivity (Wildman–Crippen MR) is 86.4 cm³/mol. The van der Waals surface area contributed by atoms with Gasteiger partial charge in [-0.25, -0.2) is 0 Å². The van der Waals surface area contributed by atoms with E-state index in [1.165, 1.54) is 6.42 Å². The zero-order valence-corrected chi connectivity index (χ0v) is 14.2. The van der Waals surface area contributed by atoms with Gasteiger partial charge in [-0.15, -0.1) is 0 Å². The minimum absolute atomic E-state index is 0.0299. The standard InChI is InChI=1S/C16H31N3O3/c1-4-18-9-6-7-14(18)12-19(15(20)11-13(3)17)10-8-16(21)22-5-2/h13-14H,4-12,17H2,1-3H3. The molecule has 2 N–H and O–H groups in total. The van der Waals surface area contributed by atoms with E-state index in [1.807, 2.05) is 6.92 Å². The summed E-state index contributed by atoms with van der Waals surface area (Å²) in [5, 5.41) is 0. The number of carbonyl (C=O) groups is 2. The second-order valence-electron chi connectivity index (χ2n) is 6.00. The van der Waals surface area contributed by atoms with Gasteiger partial charge >= 0.3 is 5.97 Å². The number of likely N-dealkylation sites (N-methyl/N-ethyl adjacent to an activating group) is 1. The van der Waals surface area contributed by atoms with E-state index in [4.69, 9.17) is 10.5 Å². The lowest BCUT2D eigenvalue weighted by molar-refractivity contribution is -0.144. The monoisotopic (exact) mass is 313 g/mol. The fourth-order valence-corrected chi connectivity index (χ4v) is 2.95. The third-order valence-corrected chi connectivity index (χ3v) is 4.08. The molecule has 6 heteroatoms. The van der Waals surface area contributed by atoms with Crippen LogP contribution in [0.3, 0.4) is 0 Å². The van der Waals surface area contributed by atoms with Crippen molar-refractivity contribution in [2.75, 3.05) is 32.8 Å². The summed E-state index contributed by atoms with van der Waals surface area (Å²) in [6, 6.07) is 0.229. The largest absolute Gasteiger partial charge is 0.466 e. The van der Waals surface area contributed by atoms with Crippen LogP contribution in [0.5, 0.6) is 0 Å². The molecule has 0 aromatic rings. The van der Waals surface area contributed by atoms with Crippen LogP contribution in [0.4, 0.5) is 0 Å². The van der Waals surface area contributed by atoms with Gasteiger partial charge in [0, 0.05) is 31.6 Å². The number of nitrogens with zero attached hydrogens (tertiary/aromatic N) is 2. The number of ether oxygens (including phenoxy) is 1. The highest BCUT2D eigenvalue weighted by atomic mass is 16.5. The van der Waals surface area contributed by atoms with E-state index in [1.54, 1.807) is 11.8 Å². The lowest BCUT2D eigenvalue weighted by Gasteiger charge is -2.30. The van der Waals surface area contributed by atoms with E-state index in [9.17, 15) is 9.59 Å². The van der Waals surface area contributed by atoms with Crippen molar-refractivity contribution in [1.29, 1.82) is 0 Å². The summed E-state index contributed by atoms with van der Waals surface area (Å²) in [5.74, 6) is -0.220. The summed E-state index contributed by atoms with van der Waals surface area (Å²) in [6.45, 7) is 9.32. The average molecular weight is 313 g/mol. The molecule has 0 aliphatic carbocycles. The molecular formula is C16H31N3O3. The summed E-state index contributed by atoms with van der Waals surface area (Å²) in [6.07, 6.45) is 2.85. The third kappa shape index (κ3) is 6.32. The minimum atomic E-state index is -0.250. The van der Waals surface area contributed by atoms with Crippen molar-refractivity contribution < 1.29 is 14.3 Å². The van der Waals surface area contributed by atoms with E-state index >= 15 is 0 Å². The van der Waals surface area contributed by atoms with Crippen LogP contribution in [0, 0.1) is 0 Å². The number of rotatable bonds is 9. The van der Waals surface area contributed by atoms with Crippen LogP contribution in [0.2, 0.25) is 0 Å². The molecule has 22 heavy (non-hydrogen) atoms. The molecule has 0 spiro atoms. The van der Waals surface area contributed by atoms with Gasteiger partial charge in [-0.3, -0.25) is 14.5 Å². The highest BCUT2D eigenvalue weighted by Gasteiger charge is 2.27. The minimum Gasteiger partial charge on any atom is -0.466 e. The maximum atomic E-state index is 12.4. The first kappa shape index (κ1) is 18.9. The second kappa shape index (κ2) is 9.79. The molecule has 0 aromatic carbocycles. The summed E-state index contributed by atoms with van der Waals surface area (Å²) in [5.41, 5.74) is 5.75. The number of nitrogens with two attached hydrogens (primary N) is 1. The van der Waals surface area contributed by atoms with Crippen molar-refractivity contribution >= 4 is 11.9 Å². The van der Waals surface area contributed by atoms with Gasteiger partial charge < -0.3 is 15.4 Å². The Kier molecular flexibility index (Phi) is 8.42. The number of likely N-dealkylation sites (tertiary alicyclic amines) is 1. The van der Waals surface area contributed by atoms with Gasteiger partial charge in [0.2, 0.25) is 5.91 Å². The predicted octanol–water partition coefficient (Wildman–Crippen LogP) is 0.990. The van der Waals surface area contributed by atoms with Crippen LogP contribution in [0.15, 0.2) is 0 Å². The molecule has 2 unspecified atom stereocenters. The first-order chi connectivity index (χ1) is 10.5. The van der Waals surface area contributed by atoms with Crippen LogP contribution in [-0.4, -0.2) is 66.5 Å². The van der Waals surface area contributed by atoms with Crippen molar-refractivity contribution in [2.24, 2.45) is 5.73 Å². The molecular weight excluding hydrogens is 282 g/mol. The van der Waals surface area contributed by atoms with Gasteiger partial charge in [0.1, 0.15) is 0 Å². The van der Waals surface area contributed by atoms with E-state index in [0.717, 1.165) is 19.5 Å². The fraction of sp³-hybridized carbons (Fsp3) is 0.875. The highest BCUT2D eigenvalue weighted by Crippen LogP contribution is 2.18. The SMILES string of the molecule is CCOC(=O)CCN(CC1CCCN1CC)C(=O)CC(C)N. The van der Waals surface area contributed by atoms with Crippen molar-refractivity contribution in [3.63, 3.8) is 0 Å². The summed E-state index contributed by atoms with van der Waals surface area (Å²) < 4.78 is 4.95. The lowest BCUT2D eigenvalue weighted by Crippen LogP contribution is -2.45. The molecule has 1 aliphatic heterocycles. The maximum absolute atomic E-state index is 12.4. The molecule has 0 saturated carbocycles. The zero-order valence-electron chi connectivity index (χ0n) is 14.2. The Morgan fingerprint density at radius 3 is 2.73 bits per heavy atom. The van der Waals surface area contributed by atoms with E-state index in [-0.39, 0.29) is 24.3 Å². The fourth-order valence-electron chi connectivity index (χ4n) is 2.95. The smallest absolute Gasteiger partial charge is 0.307 e. The maximum Gasteiger partial charge on any atom is 0.307 e. The van der Waals surface area contributed by atoms with Crippen LogP contribution in [0.25, 0.3) is 0 Å². The van der Waals surface area contributed by atoms with Gasteiger partial charge in [-0.05, 0) is 39.8 Å². The van der Waals surface area contributed by atoms with Crippen molar-refractivity contribution in [3.05, 3.63) is 0 Å². The van der Waals surface area contributed by atoms with Crippen molar-refractivity contribution in [1.82, 2.24) is 9.80 Å². The number of hydrogen-bond donors (Lipinski definition) is 1. The Morgan fingerprint density at radius 2 is 2.14 bits per heavy atom. The number of esters is 1. The van der Waals surface area contributed by atoms with Crippen LogP contribution < -0.4 is 5.73 Å². The highest BCUT2D eigenvalue weighted by molar-refractivity contribution is 5.77. The molecule has 0 aromatic heterocycles. The number of hydrogen-bond acceptors (Lipinski definition) is 5. The van der Waals surface area contributed by atoms with Crippen molar-refractivity contribution in [3.8, 4) is 0 Å². The van der Waals surface area contributed by atoms with E-state index in [0.29, 0.717) is 32.2 Å². The Labute approximate surface area is 134 Å². The molecule has 128 valence electrons. The Hall–Kier alpha value is -1.14. The average Bonchev–Trinajstić information content (AvgIpc) is 2.90. The van der Waals surface area contributed by atoms with Gasteiger partial charge in [0.25, 0.3) is 0 Å². The molecule has 1 amide bonds. The van der Waals surface area contributed by atoms with Crippen LogP contribution in [0.1, 0.15) is 46.5 Å². The number of carbonyl (C=O) groups excluding carboxylic acids is 2. The Balaban J connectivity index is 2.60. The van der Waals surface area contributed by atoms with Crippen molar-refractivity contribution in [2.45, 2.75) is 58.5 Å². The molecule has 2 atom stereocenters. The molecule has 0 bridgehead atoms. The van der Waals surface area contributed by atoms with Gasteiger partial charge in [0.15, 0.2) is 0 Å². The summed E-state index contributed by atoms with van der Waals surface area (Å²) in [7, 11) is 0. The Bertz CT molecular complexity index is 361. The van der Waals surface area contributed by atoms with Crippen LogP contribution in [-0.2, 0) is 14.3 Å². The first-order valence-electron chi connectivity index (χ1n) is 8.40. The summed E-state index contributed by atoms with van der Waals surface area (Å²) in [4.78, 5) is 28.1.